The van der Waals surface area contributed by atoms with Crippen LogP contribution in [0.5, 0.6) is 5.75 Å². The lowest BCUT2D eigenvalue weighted by atomic mass is 10.2. The SMILES string of the molecule is COc1ccc(Br)cc1-c1nc(COC(=O)CCn2c(C)csc2=O)cs1. The number of rotatable bonds is 7. The third kappa shape index (κ3) is 4.85. The molecule has 0 unspecified atom stereocenters. The Hall–Kier alpha value is -1.97. The van der Waals surface area contributed by atoms with Crippen molar-refractivity contribution < 1.29 is 14.3 Å². The molecule has 0 saturated carbocycles. The van der Waals surface area contributed by atoms with Gasteiger partial charge in [-0.1, -0.05) is 27.3 Å². The summed E-state index contributed by atoms with van der Waals surface area (Å²) in [4.78, 5) is 28.1. The summed E-state index contributed by atoms with van der Waals surface area (Å²) < 4.78 is 13.2. The van der Waals surface area contributed by atoms with Crippen LogP contribution in [-0.2, 0) is 22.7 Å². The second-order valence-corrected chi connectivity index (χ2v) is 8.29. The van der Waals surface area contributed by atoms with E-state index in [1.807, 2.05) is 30.5 Å². The molecule has 0 saturated heterocycles. The predicted molar refractivity (Wildman–Crippen MR) is 110 cm³/mol. The van der Waals surface area contributed by atoms with Crippen molar-refractivity contribution >= 4 is 44.6 Å². The van der Waals surface area contributed by atoms with E-state index in [9.17, 15) is 9.59 Å². The molecule has 0 atom stereocenters. The highest BCUT2D eigenvalue weighted by molar-refractivity contribution is 9.10. The number of thiazole rings is 2. The van der Waals surface area contributed by atoms with E-state index in [0.717, 1.165) is 37.8 Å². The van der Waals surface area contributed by atoms with Crippen LogP contribution >= 0.6 is 38.6 Å². The maximum atomic E-state index is 12.0. The summed E-state index contributed by atoms with van der Waals surface area (Å²) in [6, 6.07) is 5.71. The van der Waals surface area contributed by atoms with Gasteiger partial charge in [-0.15, -0.1) is 11.3 Å². The van der Waals surface area contributed by atoms with E-state index in [4.69, 9.17) is 9.47 Å². The van der Waals surface area contributed by atoms with Gasteiger partial charge in [0.1, 0.15) is 17.4 Å². The summed E-state index contributed by atoms with van der Waals surface area (Å²) in [5, 5.41) is 4.43. The fourth-order valence-corrected chi connectivity index (χ4v) is 4.40. The van der Waals surface area contributed by atoms with Gasteiger partial charge in [0, 0.05) is 27.5 Å². The number of carbonyl (C=O) groups is 1. The first-order valence-corrected chi connectivity index (χ1v) is 10.6. The van der Waals surface area contributed by atoms with Crippen molar-refractivity contribution in [2.45, 2.75) is 26.5 Å². The Bertz CT molecular complexity index is 1010. The number of ether oxygens (including phenoxy) is 2. The summed E-state index contributed by atoms with van der Waals surface area (Å²) in [6.45, 7) is 2.27. The van der Waals surface area contributed by atoms with Gasteiger partial charge in [0.25, 0.3) is 0 Å². The van der Waals surface area contributed by atoms with E-state index < -0.39 is 0 Å². The Labute approximate surface area is 172 Å². The van der Waals surface area contributed by atoms with Crippen LogP contribution in [0.1, 0.15) is 17.8 Å². The summed E-state index contributed by atoms with van der Waals surface area (Å²) in [6.07, 6.45) is 0.147. The molecule has 0 aliphatic rings. The van der Waals surface area contributed by atoms with E-state index in [0.29, 0.717) is 12.2 Å². The number of halogens is 1. The van der Waals surface area contributed by atoms with Gasteiger partial charge in [-0.2, -0.15) is 0 Å². The molecule has 2 heterocycles. The highest BCUT2D eigenvalue weighted by Crippen LogP contribution is 2.34. The Balaban J connectivity index is 1.59. The number of aryl methyl sites for hydroxylation is 1. The number of hydrogen-bond donors (Lipinski definition) is 0. The molecule has 0 N–H and O–H groups in total. The number of aromatic nitrogens is 2. The topological polar surface area (TPSA) is 70.4 Å². The lowest BCUT2D eigenvalue weighted by molar-refractivity contribution is -0.145. The fraction of sp³-hybridized carbons (Fsp3) is 0.278. The molecule has 0 aliphatic carbocycles. The standard InChI is InChI=1S/C18H17BrN2O4S2/c1-11-9-27-18(23)21(11)6-5-16(22)25-8-13-10-26-17(20-13)14-7-12(19)3-4-15(14)24-2/h3-4,7,9-10H,5-6,8H2,1-2H3. The van der Waals surface area contributed by atoms with E-state index in [1.54, 1.807) is 17.1 Å². The molecular weight excluding hydrogens is 452 g/mol. The van der Waals surface area contributed by atoms with Gasteiger partial charge in [0.2, 0.25) is 0 Å². The summed E-state index contributed by atoms with van der Waals surface area (Å²) in [7, 11) is 1.61. The minimum absolute atomic E-state index is 0.0626. The molecule has 0 radical (unpaired) electrons. The Morgan fingerprint density at radius 3 is 2.81 bits per heavy atom. The van der Waals surface area contributed by atoms with Crippen molar-refractivity contribution in [3.8, 4) is 16.3 Å². The maximum Gasteiger partial charge on any atom is 0.307 e. The van der Waals surface area contributed by atoms with Crippen molar-refractivity contribution in [1.29, 1.82) is 0 Å². The minimum Gasteiger partial charge on any atom is -0.496 e. The number of carbonyl (C=O) groups excluding carboxylic acids is 1. The van der Waals surface area contributed by atoms with Crippen molar-refractivity contribution in [1.82, 2.24) is 9.55 Å². The van der Waals surface area contributed by atoms with Crippen molar-refractivity contribution in [2.75, 3.05) is 7.11 Å². The van der Waals surface area contributed by atoms with Gasteiger partial charge in [0.15, 0.2) is 0 Å². The Morgan fingerprint density at radius 1 is 1.30 bits per heavy atom. The molecule has 0 bridgehead atoms. The summed E-state index contributed by atoms with van der Waals surface area (Å²) in [5.41, 5.74) is 2.40. The normalized spacial score (nSPS) is 10.8. The second-order valence-electron chi connectivity index (χ2n) is 5.69. The van der Waals surface area contributed by atoms with Crippen LogP contribution in [-0.4, -0.2) is 22.6 Å². The summed E-state index contributed by atoms with van der Waals surface area (Å²) >= 11 is 6.04. The molecule has 3 aromatic rings. The van der Waals surface area contributed by atoms with Gasteiger partial charge >= 0.3 is 10.8 Å². The largest absolute Gasteiger partial charge is 0.496 e. The fourth-order valence-electron chi connectivity index (χ4n) is 2.45. The number of methoxy groups -OCH3 is 1. The molecule has 6 nitrogen and oxygen atoms in total. The predicted octanol–water partition coefficient (Wildman–Crippen LogP) is 4.25. The second kappa shape index (κ2) is 8.81. The average Bonchev–Trinajstić information content (AvgIpc) is 3.25. The van der Waals surface area contributed by atoms with E-state index in [-0.39, 0.29) is 23.9 Å². The molecular formula is C18H17BrN2O4S2. The first-order valence-electron chi connectivity index (χ1n) is 8.07. The first kappa shape index (κ1) is 19.8. The monoisotopic (exact) mass is 468 g/mol. The molecule has 9 heteroatoms. The van der Waals surface area contributed by atoms with Crippen LogP contribution in [0.25, 0.3) is 10.6 Å². The zero-order chi connectivity index (χ0) is 19.4. The van der Waals surface area contributed by atoms with Crippen LogP contribution < -0.4 is 9.61 Å². The van der Waals surface area contributed by atoms with Crippen LogP contribution in [0.2, 0.25) is 0 Å². The number of nitrogens with zero attached hydrogens (tertiary/aromatic N) is 2. The quantitative estimate of drug-likeness (QED) is 0.484. The first-order chi connectivity index (χ1) is 13.0. The molecule has 0 fully saturated rings. The maximum absolute atomic E-state index is 12.0. The molecule has 3 rings (SSSR count). The zero-order valence-electron chi connectivity index (χ0n) is 14.7. The van der Waals surface area contributed by atoms with Crippen molar-refractivity contribution in [3.05, 3.63) is 54.5 Å². The van der Waals surface area contributed by atoms with Gasteiger partial charge in [-0.3, -0.25) is 9.59 Å². The molecule has 2 aromatic heterocycles. The van der Waals surface area contributed by atoms with Crippen LogP contribution in [0.15, 0.2) is 38.2 Å². The number of hydrogen-bond acceptors (Lipinski definition) is 7. The lowest BCUT2D eigenvalue weighted by Crippen LogP contribution is -2.17. The van der Waals surface area contributed by atoms with E-state index >= 15 is 0 Å². The third-order valence-electron chi connectivity index (χ3n) is 3.84. The van der Waals surface area contributed by atoms with E-state index in [2.05, 4.69) is 20.9 Å². The number of esters is 1. The zero-order valence-corrected chi connectivity index (χ0v) is 17.9. The van der Waals surface area contributed by atoms with Gasteiger partial charge < -0.3 is 14.0 Å². The van der Waals surface area contributed by atoms with Crippen LogP contribution in [0.3, 0.4) is 0 Å². The molecule has 0 spiro atoms. The highest BCUT2D eigenvalue weighted by atomic mass is 79.9. The molecule has 1 aromatic carbocycles. The van der Waals surface area contributed by atoms with Crippen molar-refractivity contribution in [3.63, 3.8) is 0 Å². The van der Waals surface area contributed by atoms with E-state index in [1.165, 1.54) is 11.3 Å². The van der Waals surface area contributed by atoms with Gasteiger partial charge in [0.05, 0.1) is 24.8 Å². The highest BCUT2D eigenvalue weighted by Gasteiger charge is 2.13. The van der Waals surface area contributed by atoms with Gasteiger partial charge in [-0.25, -0.2) is 4.98 Å². The third-order valence-corrected chi connectivity index (χ3v) is 6.14. The van der Waals surface area contributed by atoms with Crippen LogP contribution in [0, 0.1) is 6.92 Å². The number of benzene rings is 1. The molecule has 142 valence electrons. The van der Waals surface area contributed by atoms with Crippen molar-refractivity contribution in [2.24, 2.45) is 0 Å². The molecule has 0 amide bonds. The smallest absolute Gasteiger partial charge is 0.307 e. The van der Waals surface area contributed by atoms with Gasteiger partial charge in [-0.05, 0) is 25.1 Å². The lowest BCUT2D eigenvalue weighted by Gasteiger charge is -2.06. The molecule has 27 heavy (non-hydrogen) atoms. The Kier molecular flexibility index (Phi) is 6.46. The summed E-state index contributed by atoms with van der Waals surface area (Å²) in [5.74, 6) is 0.370. The molecule has 0 aliphatic heterocycles. The average molecular weight is 469 g/mol. The minimum atomic E-state index is -0.359. The Morgan fingerprint density at radius 2 is 2.11 bits per heavy atom. The van der Waals surface area contributed by atoms with Crippen LogP contribution in [0.4, 0.5) is 0 Å².